The van der Waals surface area contributed by atoms with Gasteiger partial charge in [0.15, 0.2) is 0 Å². The van der Waals surface area contributed by atoms with Crippen molar-refractivity contribution in [1.29, 1.82) is 0 Å². The molecule has 0 spiro atoms. The number of non-ortho nitro benzene ring substituents is 1. The van der Waals surface area contributed by atoms with Gasteiger partial charge in [-0.25, -0.2) is 0 Å². The van der Waals surface area contributed by atoms with Crippen molar-refractivity contribution in [2.75, 3.05) is 11.4 Å². The van der Waals surface area contributed by atoms with E-state index < -0.39 is 4.92 Å². The van der Waals surface area contributed by atoms with Crippen LogP contribution in [-0.4, -0.2) is 17.4 Å². The van der Waals surface area contributed by atoms with E-state index in [1.165, 1.54) is 24.3 Å². The summed E-state index contributed by atoms with van der Waals surface area (Å²) >= 11 is 6.17. The van der Waals surface area contributed by atoms with Gasteiger partial charge in [-0.15, -0.1) is 0 Å². The minimum atomic E-state index is -0.493. The van der Waals surface area contributed by atoms with Crippen LogP contribution in [0.4, 0.5) is 11.4 Å². The summed E-state index contributed by atoms with van der Waals surface area (Å²) in [5.74, 6) is -0.220. The third-order valence-corrected chi connectivity index (χ3v) is 3.83. The number of anilines is 1. The smallest absolute Gasteiger partial charge is 0.269 e. The van der Waals surface area contributed by atoms with Crippen LogP contribution in [0, 0.1) is 10.1 Å². The number of para-hydroxylation sites is 1. The van der Waals surface area contributed by atoms with Gasteiger partial charge >= 0.3 is 0 Å². The number of nitro groups is 1. The van der Waals surface area contributed by atoms with Gasteiger partial charge in [-0.05, 0) is 24.3 Å². The molecule has 1 aliphatic heterocycles. The third-order valence-electron chi connectivity index (χ3n) is 3.48. The first-order chi connectivity index (χ1) is 10.6. The van der Waals surface area contributed by atoms with Crippen LogP contribution in [0.15, 0.2) is 54.6 Å². The molecule has 110 valence electrons. The number of carbonyl (C=O) groups is 1. The zero-order valence-corrected chi connectivity index (χ0v) is 12.2. The second-order valence-electron chi connectivity index (χ2n) is 4.79. The Hall–Kier alpha value is -2.66. The first kappa shape index (κ1) is 14.3. The lowest BCUT2D eigenvalue weighted by Gasteiger charge is -2.27. The third kappa shape index (κ3) is 2.46. The molecule has 0 saturated carbocycles. The summed E-state index contributed by atoms with van der Waals surface area (Å²) in [5, 5.41) is 11.3. The number of amides is 1. The Balaban J connectivity index is 1.95. The van der Waals surface area contributed by atoms with Crippen molar-refractivity contribution in [3.63, 3.8) is 0 Å². The summed E-state index contributed by atoms with van der Waals surface area (Å²) in [6, 6.07) is 12.9. The SMILES string of the molecule is O=C(c1ccc([N+](=O)[O-])cc1)N1CC=C(Cl)c2ccccc21. The Bertz CT molecular complexity index is 784. The van der Waals surface area contributed by atoms with Gasteiger partial charge in [0.25, 0.3) is 11.6 Å². The predicted molar refractivity (Wildman–Crippen MR) is 85.0 cm³/mol. The first-order valence-electron chi connectivity index (χ1n) is 6.59. The fourth-order valence-corrected chi connectivity index (χ4v) is 2.59. The van der Waals surface area contributed by atoms with Crippen molar-refractivity contribution in [1.82, 2.24) is 0 Å². The minimum absolute atomic E-state index is 0.0430. The second kappa shape index (κ2) is 5.61. The largest absolute Gasteiger partial charge is 0.304 e. The van der Waals surface area contributed by atoms with Crippen molar-refractivity contribution in [2.45, 2.75) is 0 Å². The molecule has 5 nitrogen and oxygen atoms in total. The molecule has 1 aliphatic rings. The number of rotatable bonds is 2. The highest BCUT2D eigenvalue weighted by Gasteiger charge is 2.24. The zero-order chi connectivity index (χ0) is 15.7. The van der Waals surface area contributed by atoms with Crippen LogP contribution in [0.3, 0.4) is 0 Å². The number of hydrogen-bond donors (Lipinski definition) is 0. The Labute approximate surface area is 131 Å². The van der Waals surface area contributed by atoms with Crippen molar-refractivity contribution in [2.24, 2.45) is 0 Å². The molecule has 1 heterocycles. The molecule has 1 amide bonds. The topological polar surface area (TPSA) is 63.4 Å². The van der Waals surface area contributed by atoms with Gasteiger partial charge < -0.3 is 4.90 Å². The summed E-state index contributed by atoms with van der Waals surface area (Å²) in [7, 11) is 0. The molecule has 3 rings (SSSR count). The zero-order valence-electron chi connectivity index (χ0n) is 11.4. The number of hydrogen-bond acceptors (Lipinski definition) is 3. The molecular formula is C16H11ClN2O3. The van der Waals surface area contributed by atoms with Crippen molar-refractivity contribution < 1.29 is 9.72 Å². The Morgan fingerprint density at radius 3 is 2.50 bits per heavy atom. The highest BCUT2D eigenvalue weighted by molar-refractivity contribution is 6.49. The summed E-state index contributed by atoms with van der Waals surface area (Å²) in [5.41, 5.74) is 1.88. The molecule has 0 aliphatic carbocycles. The number of nitro benzene ring substituents is 1. The van der Waals surface area contributed by atoms with Crippen LogP contribution in [0.5, 0.6) is 0 Å². The number of carbonyl (C=O) groups excluding carboxylic acids is 1. The number of halogens is 1. The van der Waals surface area contributed by atoms with Gasteiger partial charge in [0.2, 0.25) is 0 Å². The van der Waals surface area contributed by atoms with Gasteiger partial charge in [-0.3, -0.25) is 14.9 Å². The minimum Gasteiger partial charge on any atom is -0.304 e. The normalized spacial score (nSPS) is 13.3. The lowest BCUT2D eigenvalue weighted by Crippen LogP contribution is -2.33. The maximum Gasteiger partial charge on any atom is 0.269 e. The molecular weight excluding hydrogens is 304 g/mol. The van der Waals surface area contributed by atoms with Gasteiger partial charge in [0.1, 0.15) is 0 Å². The molecule has 0 aromatic heterocycles. The first-order valence-corrected chi connectivity index (χ1v) is 6.97. The van der Waals surface area contributed by atoms with Gasteiger partial charge in [0, 0.05) is 34.8 Å². The lowest BCUT2D eigenvalue weighted by atomic mass is 10.1. The second-order valence-corrected chi connectivity index (χ2v) is 5.20. The highest BCUT2D eigenvalue weighted by atomic mass is 35.5. The summed E-state index contributed by atoms with van der Waals surface area (Å²) in [4.78, 5) is 24.4. The van der Waals surface area contributed by atoms with Crippen LogP contribution < -0.4 is 4.90 Å². The molecule has 0 radical (unpaired) electrons. The summed E-state index contributed by atoms with van der Waals surface area (Å²) in [6.45, 7) is 0.367. The van der Waals surface area contributed by atoms with Crippen LogP contribution in [0.2, 0.25) is 0 Å². The Kier molecular flexibility index (Phi) is 3.65. The predicted octanol–water partition coefficient (Wildman–Crippen LogP) is 3.83. The fraction of sp³-hybridized carbons (Fsp3) is 0.0625. The van der Waals surface area contributed by atoms with Crippen LogP contribution >= 0.6 is 11.6 Å². The summed E-state index contributed by atoms with van der Waals surface area (Å²) in [6.07, 6.45) is 1.77. The van der Waals surface area contributed by atoms with Crippen molar-refractivity contribution in [3.05, 3.63) is 75.8 Å². The average molecular weight is 315 g/mol. The monoisotopic (exact) mass is 314 g/mol. The van der Waals surface area contributed by atoms with E-state index in [-0.39, 0.29) is 11.6 Å². The van der Waals surface area contributed by atoms with E-state index in [0.717, 1.165) is 11.3 Å². The molecule has 0 saturated heterocycles. The van der Waals surface area contributed by atoms with Gasteiger partial charge in [-0.1, -0.05) is 29.8 Å². The van der Waals surface area contributed by atoms with E-state index in [1.54, 1.807) is 11.0 Å². The quantitative estimate of drug-likeness (QED) is 0.625. The maximum absolute atomic E-state index is 12.6. The molecule has 0 atom stereocenters. The van der Waals surface area contributed by atoms with Crippen LogP contribution in [0.25, 0.3) is 5.03 Å². The van der Waals surface area contributed by atoms with Crippen molar-refractivity contribution >= 4 is 33.9 Å². The van der Waals surface area contributed by atoms with Crippen LogP contribution in [0.1, 0.15) is 15.9 Å². The number of nitrogens with zero attached hydrogens (tertiary/aromatic N) is 2. The standard InChI is InChI=1S/C16H11ClN2O3/c17-14-9-10-18(15-4-2-1-3-13(14)15)16(20)11-5-7-12(8-6-11)19(21)22/h1-9H,10H2. The molecule has 0 bridgehead atoms. The average Bonchev–Trinajstić information content (AvgIpc) is 2.55. The molecule has 0 fully saturated rings. The number of fused-ring (bicyclic) bond motifs is 1. The highest BCUT2D eigenvalue weighted by Crippen LogP contribution is 2.34. The van der Waals surface area contributed by atoms with Crippen molar-refractivity contribution in [3.8, 4) is 0 Å². The van der Waals surface area contributed by atoms with E-state index >= 15 is 0 Å². The van der Waals surface area contributed by atoms with Crippen LogP contribution in [-0.2, 0) is 0 Å². The van der Waals surface area contributed by atoms with E-state index in [0.29, 0.717) is 17.1 Å². The maximum atomic E-state index is 12.6. The molecule has 0 N–H and O–H groups in total. The Morgan fingerprint density at radius 2 is 1.82 bits per heavy atom. The van der Waals surface area contributed by atoms with E-state index in [1.807, 2.05) is 24.3 Å². The Morgan fingerprint density at radius 1 is 1.14 bits per heavy atom. The number of benzene rings is 2. The van der Waals surface area contributed by atoms with Gasteiger partial charge in [-0.2, -0.15) is 0 Å². The van der Waals surface area contributed by atoms with E-state index in [9.17, 15) is 14.9 Å². The molecule has 0 unspecified atom stereocenters. The fourth-order valence-electron chi connectivity index (χ4n) is 2.36. The molecule has 2 aromatic carbocycles. The molecule has 2 aromatic rings. The molecule has 22 heavy (non-hydrogen) atoms. The van der Waals surface area contributed by atoms with Gasteiger partial charge in [0.05, 0.1) is 10.6 Å². The lowest BCUT2D eigenvalue weighted by molar-refractivity contribution is -0.384. The summed E-state index contributed by atoms with van der Waals surface area (Å²) < 4.78 is 0. The molecule has 6 heteroatoms. The van der Waals surface area contributed by atoms with E-state index in [4.69, 9.17) is 11.6 Å². The van der Waals surface area contributed by atoms with E-state index in [2.05, 4.69) is 0 Å².